The SMILES string of the molecule is CC(C)Oc1ccc(NC(=O)N(CCN2CCOCC2)c2ccc3nc(N)sc3c2)cc1. The largest absolute Gasteiger partial charge is 0.491 e. The van der Waals surface area contributed by atoms with E-state index in [4.69, 9.17) is 15.2 Å². The summed E-state index contributed by atoms with van der Waals surface area (Å²) in [5.74, 6) is 0.774. The normalized spacial score (nSPS) is 14.6. The second-order valence-corrected chi connectivity index (χ2v) is 8.99. The van der Waals surface area contributed by atoms with Gasteiger partial charge in [0.1, 0.15) is 5.75 Å². The number of thiazole rings is 1. The lowest BCUT2D eigenvalue weighted by atomic mass is 10.2. The number of ether oxygens (including phenoxy) is 2. The van der Waals surface area contributed by atoms with Crippen molar-refractivity contribution in [3.05, 3.63) is 42.5 Å². The van der Waals surface area contributed by atoms with Gasteiger partial charge in [-0.2, -0.15) is 0 Å². The molecule has 3 aromatic rings. The van der Waals surface area contributed by atoms with Gasteiger partial charge in [-0.25, -0.2) is 9.78 Å². The van der Waals surface area contributed by atoms with Gasteiger partial charge in [-0.3, -0.25) is 9.80 Å². The van der Waals surface area contributed by atoms with Crippen LogP contribution in [0.4, 0.5) is 21.3 Å². The molecular weight excluding hydrogens is 426 g/mol. The van der Waals surface area contributed by atoms with Crippen LogP contribution >= 0.6 is 11.3 Å². The van der Waals surface area contributed by atoms with Crippen LogP contribution < -0.4 is 20.7 Å². The van der Waals surface area contributed by atoms with Gasteiger partial charge in [-0.15, -0.1) is 0 Å². The van der Waals surface area contributed by atoms with Gasteiger partial charge in [0.05, 0.1) is 29.5 Å². The molecule has 0 spiro atoms. The number of nitrogens with zero attached hydrogens (tertiary/aromatic N) is 3. The second kappa shape index (κ2) is 10.2. The number of fused-ring (bicyclic) bond motifs is 1. The summed E-state index contributed by atoms with van der Waals surface area (Å²) in [5, 5.41) is 3.53. The van der Waals surface area contributed by atoms with Crippen molar-refractivity contribution >= 4 is 44.1 Å². The van der Waals surface area contributed by atoms with Gasteiger partial charge < -0.3 is 20.5 Å². The number of rotatable bonds is 7. The van der Waals surface area contributed by atoms with Gasteiger partial charge >= 0.3 is 6.03 Å². The number of anilines is 3. The third-order valence-corrected chi connectivity index (χ3v) is 6.01. The van der Waals surface area contributed by atoms with Crippen molar-refractivity contribution in [2.75, 3.05) is 55.3 Å². The van der Waals surface area contributed by atoms with Gasteiger partial charge in [0.15, 0.2) is 5.13 Å². The molecule has 0 radical (unpaired) electrons. The Morgan fingerprint density at radius 1 is 1.25 bits per heavy atom. The van der Waals surface area contributed by atoms with E-state index in [-0.39, 0.29) is 12.1 Å². The molecule has 0 unspecified atom stereocenters. The van der Waals surface area contributed by atoms with E-state index < -0.39 is 0 Å². The second-order valence-electron chi connectivity index (χ2n) is 7.93. The number of carbonyl (C=O) groups is 1. The van der Waals surface area contributed by atoms with Crippen LogP contribution in [0.2, 0.25) is 0 Å². The number of aromatic nitrogens is 1. The molecule has 1 saturated heterocycles. The molecule has 0 atom stereocenters. The highest BCUT2D eigenvalue weighted by molar-refractivity contribution is 7.22. The fourth-order valence-electron chi connectivity index (χ4n) is 3.59. The molecule has 0 saturated carbocycles. The maximum atomic E-state index is 13.3. The maximum absolute atomic E-state index is 13.3. The van der Waals surface area contributed by atoms with E-state index in [1.807, 2.05) is 56.3 Å². The van der Waals surface area contributed by atoms with E-state index in [2.05, 4.69) is 15.2 Å². The first-order chi connectivity index (χ1) is 15.5. The molecule has 2 aromatic carbocycles. The van der Waals surface area contributed by atoms with Crippen molar-refractivity contribution in [2.24, 2.45) is 0 Å². The third kappa shape index (κ3) is 5.67. The molecular formula is C23H29N5O3S. The highest BCUT2D eigenvalue weighted by atomic mass is 32.1. The number of amides is 2. The van der Waals surface area contributed by atoms with Crippen molar-refractivity contribution in [1.82, 2.24) is 9.88 Å². The van der Waals surface area contributed by atoms with Gasteiger partial charge in [-0.1, -0.05) is 11.3 Å². The van der Waals surface area contributed by atoms with Crippen LogP contribution in [0, 0.1) is 0 Å². The Labute approximate surface area is 191 Å². The monoisotopic (exact) mass is 455 g/mol. The van der Waals surface area contributed by atoms with E-state index in [1.165, 1.54) is 11.3 Å². The molecule has 1 fully saturated rings. The summed E-state index contributed by atoms with van der Waals surface area (Å²) >= 11 is 1.42. The molecule has 1 aromatic heterocycles. The molecule has 0 bridgehead atoms. The van der Waals surface area contributed by atoms with Crippen molar-refractivity contribution in [3.8, 4) is 5.75 Å². The number of hydrogen-bond acceptors (Lipinski definition) is 7. The predicted molar refractivity (Wildman–Crippen MR) is 130 cm³/mol. The van der Waals surface area contributed by atoms with E-state index in [0.717, 1.165) is 54.5 Å². The first kappa shape index (κ1) is 22.3. The quantitative estimate of drug-likeness (QED) is 0.559. The Hall–Kier alpha value is -2.88. The zero-order valence-corrected chi connectivity index (χ0v) is 19.2. The van der Waals surface area contributed by atoms with Crippen LogP contribution in [0.5, 0.6) is 5.75 Å². The highest BCUT2D eigenvalue weighted by Crippen LogP contribution is 2.29. The fraction of sp³-hybridized carbons (Fsp3) is 0.391. The first-order valence-electron chi connectivity index (χ1n) is 10.8. The summed E-state index contributed by atoms with van der Waals surface area (Å²) < 4.78 is 12.1. The minimum Gasteiger partial charge on any atom is -0.491 e. The van der Waals surface area contributed by atoms with Crippen molar-refractivity contribution in [2.45, 2.75) is 20.0 Å². The molecule has 2 amide bonds. The summed E-state index contributed by atoms with van der Waals surface area (Å²) in [6.07, 6.45) is 0.0989. The van der Waals surface area contributed by atoms with Crippen LogP contribution in [0.3, 0.4) is 0 Å². The van der Waals surface area contributed by atoms with Crippen LogP contribution in [0.1, 0.15) is 13.8 Å². The molecule has 170 valence electrons. The summed E-state index contributed by atoms with van der Waals surface area (Å²) in [7, 11) is 0. The average molecular weight is 456 g/mol. The van der Waals surface area contributed by atoms with E-state index in [0.29, 0.717) is 17.4 Å². The number of nitrogens with two attached hydrogens (primary N) is 1. The van der Waals surface area contributed by atoms with E-state index in [9.17, 15) is 4.79 Å². The predicted octanol–water partition coefficient (Wildman–Crippen LogP) is 4.04. The number of nitrogens with one attached hydrogen (secondary N) is 1. The van der Waals surface area contributed by atoms with Gasteiger partial charge in [0.25, 0.3) is 0 Å². The van der Waals surface area contributed by atoms with Gasteiger partial charge in [-0.05, 0) is 56.3 Å². The Bertz CT molecular complexity index is 1050. The molecule has 1 aliphatic rings. The van der Waals surface area contributed by atoms with E-state index >= 15 is 0 Å². The van der Waals surface area contributed by atoms with Crippen molar-refractivity contribution in [3.63, 3.8) is 0 Å². The fourth-order valence-corrected chi connectivity index (χ4v) is 4.36. The molecule has 4 rings (SSSR count). The van der Waals surface area contributed by atoms with Crippen molar-refractivity contribution in [1.29, 1.82) is 0 Å². The van der Waals surface area contributed by atoms with Crippen LogP contribution in [-0.2, 0) is 4.74 Å². The lowest BCUT2D eigenvalue weighted by Crippen LogP contribution is -2.44. The van der Waals surface area contributed by atoms with Crippen LogP contribution in [0.25, 0.3) is 10.2 Å². The maximum Gasteiger partial charge on any atom is 0.326 e. The highest BCUT2D eigenvalue weighted by Gasteiger charge is 2.19. The minimum absolute atomic E-state index is 0.0989. The molecule has 0 aliphatic carbocycles. The Morgan fingerprint density at radius 3 is 2.72 bits per heavy atom. The molecule has 2 heterocycles. The number of urea groups is 1. The van der Waals surface area contributed by atoms with Crippen LogP contribution in [-0.4, -0.2) is 61.4 Å². The molecule has 3 N–H and O–H groups in total. The number of carbonyl (C=O) groups excluding carboxylic acids is 1. The standard InChI is InChI=1S/C23H29N5O3S/c1-16(2)31-19-6-3-17(4-7-19)25-23(29)28(10-9-27-11-13-30-14-12-27)18-5-8-20-21(15-18)32-22(24)26-20/h3-8,15-16H,9-14H2,1-2H3,(H2,24,26)(H,25,29). The summed E-state index contributed by atoms with van der Waals surface area (Å²) in [6, 6.07) is 13.0. The van der Waals surface area contributed by atoms with E-state index in [1.54, 1.807) is 4.90 Å². The third-order valence-electron chi connectivity index (χ3n) is 5.17. The number of nitrogen functional groups attached to an aromatic ring is 1. The Balaban J connectivity index is 1.51. The topological polar surface area (TPSA) is 93.0 Å². The summed E-state index contributed by atoms with van der Waals surface area (Å²) in [5.41, 5.74) is 8.23. The summed E-state index contributed by atoms with van der Waals surface area (Å²) in [6.45, 7) is 8.48. The average Bonchev–Trinajstić information content (AvgIpc) is 3.15. The van der Waals surface area contributed by atoms with Crippen LogP contribution in [0.15, 0.2) is 42.5 Å². The molecule has 1 aliphatic heterocycles. The lowest BCUT2D eigenvalue weighted by molar-refractivity contribution is 0.0393. The Morgan fingerprint density at radius 2 is 2.00 bits per heavy atom. The smallest absolute Gasteiger partial charge is 0.326 e. The summed E-state index contributed by atoms with van der Waals surface area (Å²) in [4.78, 5) is 21.7. The first-order valence-corrected chi connectivity index (χ1v) is 11.6. The Kier molecular flexibility index (Phi) is 7.09. The minimum atomic E-state index is -0.187. The van der Waals surface area contributed by atoms with Gasteiger partial charge in [0, 0.05) is 37.6 Å². The number of benzene rings is 2. The zero-order valence-electron chi connectivity index (χ0n) is 18.4. The number of morpholine rings is 1. The lowest BCUT2D eigenvalue weighted by Gasteiger charge is -2.30. The molecule has 9 heteroatoms. The number of hydrogen-bond donors (Lipinski definition) is 2. The zero-order chi connectivity index (χ0) is 22.5. The van der Waals surface area contributed by atoms with Gasteiger partial charge in [0.2, 0.25) is 0 Å². The molecule has 32 heavy (non-hydrogen) atoms. The molecule has 8 nitrogen and oxygen atoms in total. The van der Waals surface area contributed by atoms with Crippen molar-refractivity contribution < 1.29 is 14.3 Å².